The molecule has 1 fully saturated rings. The second-order valence-electron chi connectivity index (χ2n) is 9.57. The van der Waals surface area contributed by atoms with Gasteiger partial charge in [0.2, 0.25) is 0 Å². The average molecular weight is 521 g/mol. The van der Waals surface area contributed by atoms with Gasteiger partial charge < -0.3 is 4.90 Å². The van der Waals surface area contributed by atoms with Crippen LogP contribution in [0.3, 0.4) is 0 Å². The van der Waals surface area contributed by atoms with Crippen LogP contribution in [0.25, 0.3) is 10.9 Å². The monoisotopic (exact) mass is 520 g/mol. The van der Waals surface area contributed by atoms with Gasteiger partial charge in [-0.15, -0.1) is 0 Å². The summed E-state index contributed by atoms with van der Waals surface area (Å²) in [5.41, 5.74) is 1.28. The third-order valence-electron chi connectivity index (χ3n) is 6.88. The summed E-state index contributed by atoms with van der Waals surface area (Å²) >= 11 is 0. The molecule has 1 aliphatic carbocycles. The van der Waals surface area contributed by atoms with E-state index in [1.807, 2.05) is 30.0 Å². The molecule has 3 aromatic rings. The number of para-hydroxylation sites is 1. The predicted octanol–water partition coefficient (Wildman–Crippen LogP) is 4.61. The minimum atomic E-state index is -3.87. The largest absolute Gasteiger partial charge is 0.333 e. The fourth-order valence-electron chi connectivity index (χ4n) is 4.96. The molecule has 1 N–H and O–H groups in total. The number of nitrogens with one attached hydrogen (secondary N) is 1. The van der Waals surface area contributed by atoms with E-state index in [9.17, 15) is 17.6 Å². The van der Waals surface area contributed by atoms with E-state index in [0.29, 0.717) is 29.7 Å². The average Bonchev–Trinajstić information content (AvgIpc) is 2.89. The van der Waals surface area contributed by atoms with Gasteiger partial charge in [0.05, 0.1) is 5.52 Å². The molecule has 0 radical (unpaired) electrons. The molecule has 7 nitrogen and oxygen atoms in total. The highest BCUT2D eigenvalue weighted by Gasteiger charge is 2.29. The molecule has 1 saturated heterocycles. The Labute approximate surface area is 216 Å². The van der Waals surface area contributed by atoms with Crippen molar-refractivity contribution in [1.29, 1.82) is 0 Å². The number of hydrogen-bond donors (Lipinski definition) is 1. The van der Waals surface area contributed by atoms with Crippen molar-refractivity contribution in [2.75, 3.05) is 30.9 Å². The Hall–Kier alpha value is -3.56. The molecule has 37 heavy (non-hydrogen) atoms. The number of amides is 1. The summed E-state index contributed by atoms with van der Waals surface area (Å²) in [4.78, 5) is 21.7. The number of aromatic nitrogens is 1. The van der Waals surface area contributed by atoms with E-state index in [0.717, 1.165) is 25.0 Å². The maximum atomic E-state index is 13.2. The molecule has 2 aromatic carbocycles. The van der Waals surface area contributed by atoms with E-state index in [4.69, 9.17) is 0 Å². The van der Waals surface area contributed by atoms with Gasteiger partial charge in [-0.3, -0.25) is 19.4 Å². The predicted molar refractivity (Wildman–Crippen MR) is 142 cm³/mol. The van der Waals surface area contributed by atoms with Crippen molar-refractivity contribution in [3.05, 3.63) is 90.4 Å². The minimum absolute atomic E-state index is 0.0261. The zero-order valence-electron chi connectivity index (χ0n) is 20.5. The number of halogens is 1. The van der Waals surface area contributed by atoms with Crippen molar-refractivity contribution >= 4 is 32.5 Å². The van der Waals surface area contributed by atoms with Crippen molar-refractivity contribution in [1.82, 2.24) is 14.8 Å². The van der Waals surface area contributed by atoms with E-state index >= 15 is 0 Å². The Morgan fingerprint density at radius 2 is 1.89 bits per heavy atom. The fourth-order valence-corrected chi connectivity index (χ4v) is 6.20. The molecule has 0 spiro atoms. The van der Waals surface area contributed by atoms with Gasteiger partial charge in [0, 0.05) is 55.1 Å². The van der Waals surface area contributed by atoms with Crippen molar-refractivity contribution in [3.63, 3.8) is 0 Å². The van der Waals surface area contributed by atoms with Gasteiger partial charge in [0.1, 0.15) is 10.7 Å². The first kappa shape index (κ1) is 25.1. The molecule has 1 amide bonds. The van der Waals surface area contributed by atoms with Crippen molar-refractivity contribution in [2.45, 2.75) is 24.3 Å². The van der Waals surface area contributed by atoms with E-state index < -0.39 is 10.0 Å². The number of carbonyl (C=O) groups is 1. The molecule has 5 rings (SSSR count). The van der Waals surface area contributed by atoms with Crippen LogP contribution in [0.2, 0.25) is 0 Å². The zero-order valence-corrected chi connectivity index (χ0v) is 21.4. The fraction of sp³-hybridized carbons (Fsp3) is 0.286. The number of benzene rings is 2. The lowest BCUT2D eigenvalue weighted by molar-refractivity contribution is 0.0471. The Morgan fingerprint density at radius 1 is 1.11 bits per heavy atom. The van der Waals surface area contributed by atoms with E-state index in [1.165, 1.54) is 12.1 Å². The van der Waals surface area contributed by atoms with Crippen LogP contribution in [0.1, 0.15) is 23.7 Å². The first-order chi connectivity index (χ1) is 17.8. The van der Waals surface area contributed by atoms with Crippen LogP contribution < -0.4 is 4.72 Å². The first-order valence-electron chi connectivity index (χ1n) is 12.3. The molecular weight excluding hydrogens is 491 g/mol. The molecule has 1 unspecified atom stereocenters. The SMILES string of the molecule is C[C@H]1CN(CC2C=CC(F)=CC2)CCN1C(=O)c1ccc(NS(=O)(=O)c2cccc3cccnc23)cc1. The highest BCUT2D eigenvalue weighted by atomic mass is 32.2. The Balaban J connectivity index is 1.22. The number of anilines is 1. The molecule has 192 valence electrons. The molecule has 9 heteroatoms. The number of hydrogen-bond acceptors (Lipinski definition) is 5. The third-order valence-corrected chi connectivity index (χ3v) is 8.29. The lowest BCUT2D eigenvalue weighted by Gasteiger charge is -2.41. The van der Waals surface area contributed by atoms with Gasteiger partial charge in [0.15, 0.2) is 0 Å². The molecular formula is C28H29FN4O3S. The number of piperazine rings is 1. The second kappa shape index (κ2) is 10.4. The molecule has 1 aromatic heterocycles. The summed E-state index contributed by atoms with van der Waals surface area (Å²) in [5, 5.41) is 0.737. The van der Waals surface area contributed by atoms with Gasteiger partial charge in [0.25, 0.3) is 15.9 Å². The van der Waals surface area contributed by atoms with Crippen LogP contribution in [-0.2, 0) is 10.0 Å². The maximum Gasteiger partial charge on any atom is 0.264 e. The minimum Gasteiger partial charge on any atom is -0.333 e. The number of carbonyl (C=O) groups excluding carboxylic acids is 1. The van der Waals surface area contributed by atoms with Gasteiger partial charge in [-0.05, 0) is 67.8 Å². The highest BCUT2D eigenvalue weighted by Crippen LogP contribution is 2.24. The normalized spacial score (nSPS) is 20.6. The van der Waals surface area contributed by atoms with Crippen LogP contribution in [-0.4, -0.2) is 61.3 Å². The summed E-state index contributed by atoms with van der Waals surface area (Å²) in [6, 6.07) is 15.1. The quantitative estimate of drug-likeness (QED) is 0.513. The summed E-state index contributed by atoms with van der Waals surface area (Å²) in [7, 11) is -3.87. The second-order valence-corrected chi connectivity index (χ2v) is 11.2. The van der Waals surface area contributed by atoms with E-state index in [1.54, 1.807) is 48.7 Å². The number of rotatable bonds is 6. The maximum absolute atomic E-state index is 13.2. The van der Waals surface area contributed by atoms with E-state index in [2.05, 4.69) is 14.6 Å². The summed E-state index contributed by atoms with van der Waals surface area (Å²) in [6.07, 6.45) is 7.33. The van der Waals surface area contributed by atoms with Gasteiger partial charge in [-0.25, -0.2) is 12.8 Å². The number of allylic oxidation sites excluding steroid dienone is 3. The summed E-state index contributed by atoms with van der Waals surface area (Å²) < 4.78 is 41.9. The lowest BCUT2D eigenvalue weighted by Crippen LogP contribution is -2.54. The van der Waals surface area contributed by atoms with Gasteiger partial charge >= 0.3 is 0 Å². The van der Waals surface area contributed by atoms with Crippen molar-refractivity contribution in [2.24, 2.45) is 5.92 Å². The number of fused-ring (bicyclic) bond motifs is 1. The summed E-state index contributed by atoms with van der Waals surface area (Å²) in [6.45, 7) is 4.97. The number of pyridine rings is 1. The Bertz CT molecular complexity index is 1470. The molecule has 2 atom stereocenters. The van der Waals surface area contributed by atoms with Crippen LogP contribution in [0.4, 0.5) is 10.1 Å². The smallest absolute Gasteiger partial charge is 0.264 e. The molecule has 0 bridgehead atoms. The number of nitrogens with zero attached hydrogens (tertiary/aromatic N) is 3. The number of sulfonamides is 1. The molecule has 2 aliphatic rings. The Kier molecular flexibility index (Phi) is 7.08. The van der Waals surface area contributed by atoms with Crippen LogP contribution in [0.15, 0.2) is 89.7 Å². The van der Waals surface area contributed by atoms with Gasteiger partial charge in [-0.2, -0.15) is 0 Å². The third kappa shape index (κ3) is 5.57. The zero-order chi connectivity index (χ0) is 26.0. The van der Waals surface area contributed by atoms with Crippen LogP contribution >= 0.6 is 0 Å². The molecule has 1 aliphatic heterocycles. The van der Waals surface area contributed by atoms with Crippen molar-refractivity contribution in [3.8, 4) is 0 Å². The van der Waals surface area contributed by atoms with Crippen molar-refractivity contribution < 1.29 is 17.6 Å². The Morgan fingerprint density at radius 3 is 2.62 bits per heavy atom. The molecule has 2 heterocycles. The first-order valence-corrected chi connectivity index (χ1v) is 13.8. The van der Waals surface area contributed by atoms with E-state index in [-0.39, 0.29) is 28.6 Å². The van der Waals surface area contributed by atoms with Gasteiger partial charge in [-0.1, -0.05) is 24.3 Å². The topological polar surface area (TPSA) is 82.6 Å². The standard InChI is InChI=1S/C28H29FN4O3S/c1-20-18-32(19-21-7-11-24(29)12-8-21)16-17-33(20)28(34)23-9-13-25(14-10-23)31-37(35,36)26-6-2-4-22-5-3-15-30-27(22)26/h2-7,9-15,20-21,31H,8,16-19H2,1H3/t20-,21?/m0/s1. The molecule has 0 saturated carbocycles. The van der Waals surface area contributed by atoms with Crippen LogP contribution in [0.5, 0.6) is 0 Å². The summed E-state index contributed by atoms with van der Waals surface area (Å²) in [5.74, 6) is 0.0294. The van der Waals surface area contributed by atoms with Crippen LogP contribution in [0, 0.1) is 5.92 Å². The lowest BCUT2D eigenvalue weighted by atomic mass is 9.99. The highest BCUT2D eigenvalue weighted by molar-refractivity contribution is 7.93.